The molecular formula is C26H16N2O3. The number of rotatable bonds is 2. The molecule has 0 radical (unpaired) electrons. The van der Waals surface area contributed by atoms with Crippen molar-refractivity contribution >= 4 is 43.4 Å². The van der Waals surface area contributed by atoms with Crippen molar-refractivity contribution in [2.75, 3.05) is 0 Å². The molecule has 148 valence electrons. The van der Waals surface area contributed by atoms with Crippen LogP contribution in [0.2, 0.25) is 0 Å². The topological polar surface area (TPSA) is 75.0 Å². The van der Waals surface area contributed by atoms with Crippen LogP contribution in [-0.2, 0) is 0 Å². The van der Waals surface area contributed by atoms with Gasteiger partial charge >= 0.3 is 0 Å². The molecule has 4 aromatic carbocycles. The highest BCUT2D eigenvalue weighted by atomic mass is 16.5. The number of benzene rings is 4. The van der Waals surface area contributed by atoms with Crippen LogP contribution in [-0.4, -0.2) is 9.97 Å². The van der Waals surface area contributed by atoms with E-state index in [9.17, 15) is 9.59 Å². The first-order valence-electron chi connectivity index (χ1n) is 9.96. The predicted octanol–water partition coefficient (Wildman–Crippen LogP) is 5.47. The van der Waals surface area contributed by atoms with E-state index < -0.39 is 0 Å². The van der Waals surface area contributed by atoms with Crippen LogP contribution in [0.3, 0.4) is 0 Å². The normalized spacial score (nSPS) is 11.5. The summed E-state index contributed by atoms with van der Waals surface area (Å²) in [6, 6.07) is 26.2. The molecule has 0 aliphatic rings. The van der Waals surface area contributed by atoms with Gasteiger partial charge in [0.2, 0.25) is 0 Å². The standard InChI is InChI=1S/C26H16N2O3/c29-25-17-9-3-1-7-15(17)23-19(27-25)11-5-13-21(23)31-22-14-6-12-20-24(22)16-8-2-4-10-18(16)26(30)28-20/h1-14H,(H,27,29)(H,28,30). The number of nitrogens with one attached hydrogen (secondary N) is 2. The molecule has 0 bridgehead atoms. The smallest absolute Gasteiger partial charge is 0.256 e. The lowest BCUT2D eigenvalue weighted by Gasteiger charge is -2.14. The zero-order valence-corrected chi connectivity index (χ0v) is 16.3. The first-order chi connectivity index (χ1) is 15.2. The van der Waals surface area contributed by atoms with Gasteiger partial charge in [-0.25, -0.2) is 0 Å². The Morgan fingerprint density at radius 2 is 0.903 bits per heavy atom. The van der Waals surface area contributed by atoms with E-state index >= 15 is 0 Å². The van der Waals surface area contributed by atoms with E-state index in [1.807, 2.05) is 72.8 Å². The van der Waals surface area contributed by atoms with Gasteiger partial charge in [-0.05, 0) is 36.4 Å². The number of pyridine rings is 2. The van der Waals surface area contributed by atoms with E-state index in [4.69, 9.17) is 4.74 Å². The van der Waals surface area contributed by atoms with Crippen molar-refractivity contribution in [1.29, 1.82) is 0 Å². The number of aromatic nitrogens is 2. The second kappa shape index (κ2) is 6.57. The van der Waals surface area contributed by atoms with Crippen molar-refractivity contribution in [3.05, 3.63) is 106 Å². The van der Waals surface area contributed by atoms with Crippen LogP contribution in [0.4, 0.5) is 0 Å². The van der Waals surface area contributed by atoms with Gasteiger partial charge in [-0.1, -0.05) is 48.5 Å². The van der Waals surface area contributed by atoms with Gasteiger partial charge < -0.3 is 14.7 Å². The van der Waals surface area contributed by atoms with Gasteiger partial charge in [0, 0.05) is 32.3 Å². The number of hydrogen-bond donors (Lipinski definition) is 2. The summed E-state index contributed by atoms with van der Waals surface area (Å²) in [7, 11) is 0. The van der Waals surface area contributed by atoms with Crippen LogP contribution in [0.5, 0.6) is 11.5 Å². The quantitative estimate of drug-likeness (QED) is 0.376. The van der Waals surface area contributed by atoms with E-state index in [0.717, 1.165) is 21.5 Å². The Balaban J connectivity index is 1.67. The lowest BCUT2D eigenvalue weighted by atomic mass is 10.0. The molecular weight excluding hydrogens is 388 g/mol. The molecule has 0 spiro atoms. The molecule has 2 aromatic heterocycles. The third-order valence-corrected chi connectivity index (χ3v) is 5.65. The fourth-order valence-corrected chi connectivity index (χ4v) is 4.29. The van der Waals surface area contributed by atoms with Crippen LogP contribution < -0.4 is 15.9 Å². The third kappa shape index (κ3) is 2.64. The highest BCUT2D eigenvalue weighted by Crippen LogP contribution is 2.37. The van der Waals surface area contributed by atoms with E-state index in [1.54, 1.807) is 12.1 Å². The molecule has 2 N–H and O–H groups in total. The van der Waals surface area contributed by atoms with Crippen LogP contribution in [0, 0.1) is 0 Å². The fraction of sp³-hybridized carbons (Fsp3) is 0. The maximum absolute atomic E-state index is 12.5. The Morgan fingerprint density at radius 3 is 1.35 bits per heavy atom. The summed E-state index contributed by atoms with van der Waals surface area (Å²) in [4.78, 5) is 30.9. The minimum Gasteiger partial charge on any atom is -0.456 e. The van der Waals surface area contributed by atoms with Gasteiger partial charge in [-0.3, -0.25) is 9.59 Å². The zero-order valence-electron chi connectivity index (χ0n) is 16.3. The molecule has 0 aliphatic heterocycles. The average molecular weight is 404 g/mol. The molecule has 2 heterocycles. The minimum atomic E-state index is -0.131. The summed E-state index contributed by atoms with van der Waals surface area (Å²) in [5.74, 6) is 1.26. The van der Waals surface area contributed by atoms with Gasteiger partial charge in [0.25, 0.3) is 11.1 Å². The molecule has 5 heteroatoms. The molecule has 0 amide bonds. The molecule has 0 atom stereocenters. The molecule has 0 unspecified atom stereocenters. The molecule has 0 saturated carbocycles. The van der Waals surface area contributed by atoms with Gasteiger partial charge in [-0.15, -0.1) is 0 Å². The van der Waals surface area contributed by atoms with E-state index in [0.29, 0.717) is 33.3 Å². The van der Waals surface area contributed by atoms with Crippen LogP contribution in [0.15, 0.2) is 94.5 Å². The van der Waals surface area contributed by atoms with Crippen molar-refractivity contribution in [1.82, 2.24) is 9.97 Å². The van der Waals surface area contributed by atoms with Gasteiger partial charge in [-0.2, -0.15) is 0 Å². The summed E-state index contributed by atoms with van der Waals surface area (Å²) in [5, 5.41) is 4.55. The van der Waals surface area contributed by atoms with Crippen molar-refractivity contribution in [3.8, 4) is 11.5 Å². The van der Waals surface area contributed by atoms with E-state index in [1.165, 1.54) is 0 Å². The first-order valence-corrected chi connectivity index (χ1v) is 9.96. The van der Waals surface area contributed by atoms with Crippen LogP contribution >= 0.6 is 0 Å². The van der Waals surface area contributed by atoms with E-state index in [2.05, 4.69) is 9.97 Å². The molecule has 0 fully saturated rings. The molecule has 0 saturated heterocycles. The Kier molecular flexibility index (Phi) is 3.70. The largest absolute Gasteiger partial charge is 0.456 e. The number of fused-ring (bicyclic) bond motifs is 6. The van der Waals surface area contributed by atoms with Gasteiger partial charge in [0.1, 0.15) is 11.5 Å². The van der Waals surface area contributed by atoms with Gasteiger partial charge in [0.05, 0.1) is 11.0 Å². The van der Waals surface area contributed by atoms with Crippen molar-refractivity contribution in [2.24, 2.45) is 0 Å². The Labute approximate surface area is 175 Å². The average Bonchev–Trinajstić information content (AvgIpc) is 2.79. The van der Waals surface area contributed by atoms with Crippen molar-refractivity contribution < 1.29 is 4.74 Å². The third-order valence-electron chi connectivity index (χ3n) is 5.65. The lowest BCUT2D eigenvalue weighted by molar-refractivity contribution is 0.494. The second-order valence-corrected chi connectivity index (χ2v) is 7.46. The summed E-state index contributed by atoms with van der Waals surface area (Å²) >= 11 is 0. The Hall–Kier alpha value is -4.38. The number of aromatic amines is 2. The summed E-state index contributed by atoms with van der Waals surface area (Å²) in [6.07, 6.45) is 0. The number of H-pyrrole nitrogens is 2. The monoisotopic (exact) mass is 404 g/mol. The van der Waals surface area contributed by atoms with Crippen molar-refractivity contribution in [3.63, 3.8) is 0 Å². The highest BCUT2D eigenvalue weighted by molar-refractivity contribution is 6.10. The summed E-state index contributed by atoms with van der Waals surface area (Å²) in [5.41, 5.74) is 1.15. The lowest BCUT2D eigenvalue weighted by Crippen LogP contribution is -2.07. The molecule has 6 aromatic rings. The van der Waals surface area contributed by atoms with Gasteiger partial charge in [0.15, 0.2) is 0 Å². The highest BCUT2D eigenvalue weighted by Gasteiger charge is 2.14. The molecule has 5 nitrogen and oxygen atoms in total. The molecule has 6 rings (SSSR count). The van der Waals surface area contributed by atoms with Crippen molar-refractivity contribution in [2.45, 2.75) is 0 Å². The Bertz CT molecular complexity index is 1630. The maximum Gasteiger partial charge on any atom is 0.256 e. The fourth-order valence-electron chi connectivity index (χ4n) is 4.29. The number of hydrogen-bond acceptors (Lipinski definition) is 3. The predicted molar refractivity (Wildman–Crippen MR) is 124 cm³/mol. The van der Waals surface area contributed by atoms with Crippen LogP contribution in [0.1, 0.15) is 0 Å². The summed E-state index contributed by atoms with van der Waals surface area (Å²) in [6.45, 7) is 0. The zero-order chi connectivity index (χ0) is 20.9. The summed E-state index contributed by atoms with van der Waals surface area (Å²) < 4.78 is 6.46. The molecule has 0 aliphatic carbocycles. The maximum atomic E-state index is 12.5. The number of ether oxygens (including phenoxy) is 1. The van der Waals surface area contributed by atoms with E-state index in [-0.39, 0.29) is 11.1 Å². The Morgan fingerprint density at radius 1 is 0.484 bits per heavy atom. The second-order valence-electron chi connectivity index (χ2n) is 7.46. The minimum absolute atomic E-state index is 0.131. The van der Waals surface area contributed by atoms with Crippen LogP contribution in [0.25, 0.3) is 43.4 Å². The molecule has 31 heavy (non-hydrogen) atoms. The first kappa shape index (κ1) is 17.5. The SMILES string of the molecule is O=c1[nH]c2cccc(Oc3cccc4[nH]c(=O)c5ccccc5c34)c2c2ccccc12.